The molecule has 0 bridgehead atoms. The predicted octanol–water partition coefficient (Wildman–Crippen LogP) is 5.20. The molecule has 146 valence electrons. The van der Waals surface area contributed by atoms with Crippen molar-refractivity contribution in [2.75, 3.05) is 25.6 Å². The van der Waals surface area contributed by atoms with E-state index in [0.717, 1.165) is 23.2 Å². The average Bonchev–Trinajstić information content (AvgIpc) is 3.18. The summed E-state index contributed by atoms with van der Waals surface area (Å²) >= 11 is 13.0. The molecule has 3 atom stereocenters. The number of benzene rings is 2. The number of nitrogens with one attached hydrogen (secondary N) is 2. The second-order valence-corrected chi connectivity index (χ2v) is 7.98. The highest BCUT2D eigenvalue weighted by Gasteiger charge is 2.39. The lowest BCUT2D eigenvalue weighted by atomic mass is 9.76. The molecule has 0 fully saturated rings. The molecule has 4 nitrogen and oxygen atoms in total. The van der Waals surface area contributed by atoms with Crippen LogP contribution in [0.4, 0.5) is 5.69 Å². The molecule has 2 N–H and O–H groups in total. The lowest BCUT2D eigenvalue weighted by Gasteiger charge is -2.38. The molecule has 2 aromatic rings. The number of anilines is 1. The molecule has 0 saturated heterocycles. The zero-order chi connectivity index (χ0) is 19.7. The third kappa shape index (κ3) is 3.52. The Morgan fingerprint density at radius 2 is 2.04 bits per heavy atom. The van der Waals surface area contributed by atoms with Crippen LogP contribution in [-0.4, -0.2) is 26.2 Å². The maximum Gasteiger partial charge on any atom is 0.251 e. The van der Waals surface area contributed by atoms with Gasteiger partial charge in [-0.25, -0.2) is 0 Å². The summed E-state index contributed by atoms with van der Waals surface area (Å²) in [6.07, 6.45) is 5.37. The molecule has 1 aliphatic carbocycles. The highest BCUT2D eigenvalue weighted by Crippen LogP contribution is 2.52. The monoisotopic (exact) mass is 416 g/mol. The number of halogens is 2. The van der Waals surface area contributed by atoms with Crippen molar-refractivity contribution in [2.24, 2.45) is 5.92 Å². The number of allylic oxidation sites excluding steroid dienone is 2. The summed E-state index contributed by atoms with van der Waals surface area (Å²) in [5.74, 6) is 0.437. The van der Waals surface area contributed by atoms with Gasteiger partial charge >= 0.3 is 0 Å². The highest BCUT2D eigenvalue weighted by atomic mass is 35.5. The van der Waals surface area contributed by atoms with Crippen molar-refractivity contribution in [3.05, 3.63) is 75.3 Å². The van der Waals surface area contributed by atoms with Crippen molar-refractivity contribution in [3.8, 4) is 0 Å². The Hall–Kier alpha value is -2.01. The van der Waals surface area contributed by atoms with Gasteiger partial charge in [-0.1, -0.05) is 41.4 Å². The smallest absolute Gasteiger partial charge is 0.251 e. The Morgan fingerprint density at radius 3 is 2.79 bits per heavy atom. The van der Waals surface area contributed by atoms with Crippen molar-refractivity contribution in [2.45, 2.75) is 18.4 Å². The molecule has 0 radical (unpaired) electrons. The van der Waals surface area contributed by atoms with E-state index in [1.54, 1.807) is 7.11 Å². The number of carbonyl (C=O) groups excluding carboxylic acids is 1. The van der Waals surface area contributed by atoms with Gasteiger partial charge in [0.15, 0.2) is 0 Å². The molecule has 1 amide bonds. The van der Waals surface area contributed by atoms with Gasteiger partial charge in [0.25, 0.3) is 5.91 Å². The van der Waals surface area contributed by atoms with Crippen LogP contribution in [0.15, 0.2) is 48.6 Å². The third-order valence-electron chi connectivity index (χ3n) is 5.53. The van der Waals surface area contributed by atoms with E-state index in [1.165, 1.54) is 0 Å². The van der Waals surface area contributed by atoms with Gasteiger partial charge in [0.2, 0.25) is 0 Å². The zero-order valence-corrected chi connectivity index (χ0v) is 17.1. The van der Waals surface area contributed by atoms with Crippen molar-refractivity contribution in [1.82, 2.24) is 5.32 Å². The van der Waals surface area contributed by atoms with Crippen molar-refractivity contribution in [1.29, 1.82) is 0 Å². The highest BCUT2D eigenvalue weighted by molar-refractivity contribution is 6.36. The predicted molar refractivity (Wildman–Crippen MR) is 113 cm³/mol. The summed E-state index contributed by atoms with van der Waals surface area (Å²) in [6, 6.07) is 11.5. The molecule has 28 heavy (non-hydrogen) atoms. The van der Waals surface area contributed by atoms with Crippen molar-refractivity contribution in [3.63, 3.8) is 0 Å². The molecular weight excluding hydrogens is 395 g/mol. The van der Waals surface area contributed by atoms with Crippen LogP contribution in [0.3, 0.4) is 0 Å². The second kappa shape index (κ2) is 8.16. The first-order valence-corrected chi connectivity index (χ1v) is 10.1. The van der Waals surface area contributed by atoms with Gasteiger partial charge < -0.3 is 15.4 Å². The van der Waals surface area contributed by atoms with Crippen LogP contribution in [-0.2, 0) is 4.74 Å². The molecule has 1 aliphatic heterocycles. The molecule has 0 aromatic heterocycles. The van der Waals surface area contributed by atoms with Gasteiger partial charge in [-0.3, -0.25) is 4.79 Å². The number of rotatable bonds is 5. The van der Waals surface area contributed by atoms with E-state index < -0.39 is 0 Å². The Kier molecular flexibility index (Phi) is 5.63. The fraction of sp³-hybridized carbons (Fsp3) is 0.318. The molecule has 0 saturated carbocycles. The number of methoxy groups -OCH3 is 1. The van der Waals surface area contributed by atoms with Crippen molar-refractivity contribution < 1.29 is 9.53 Å². The standard InChI is InChI=1S/C22H22Cl2N2O2/c1-28-11-10-25-22(27)13-8-9-19-16(12-13)14-4-2-5-15(14)21(26-19)20-17(23)6-3-7-18(20)24/h2-4,6-9,12,14-15,21,26H,5,10-11H2,1H3,(H,25,27). The van der Waals surface area contributed by atoms with E-state index in [9.17, 15) is 4.79 Å². The number of fused-ring (bicyclic) bond motifs is 3. The number of amides is 1. The van der Waals surface area contributed by atoms with Crippen LogP contribution in [0, 0.1) is 5.92 Å². The molecule has 2 aliphatic rings. The summed E-state index contributed by atoms with van der Waals surface area (Å²) in [7, 11) is 1.62. The summed E-state index contributed by atoms with van der Waals surface area (Å²) in [6.45, 7) is 0.982. The van der Waals surface area contributed by atoms with Gasteiger partial charge in [0.1, 0.15) is 0 Å². The van der Waals surface area contributed by atoms with Gasteiger partial charge in [-0.05, 0) is 48.2 Å². The minimum atomic E-state index is -0.0883. The van der Waals surface area contributed by atoms with E-state index in [4.69, 9.17) is 27.9 Å². The minimum absolute atomic E-state index is 0.0232. The summed E-state index contributed by atoms with van der Waals surface area (Å²) in [5, 5.41) is 7.85. The lowest BCUT2D eigenvalue weighted by molar-refractivity contribution is 0.0937. The molecular formula is C22H22Cl2N2O2. The van der Waals surface area contributed by atoms with E-state index in [2.05, 4.69) is 22.8 Å². The SMILES string of the molecule is COCCNC(=O)c1ccc2c(c1)C1C=CCC1C(c1c(Cl)cccc1Cl)N2. The van der Waals surface area contributed by atoms with Crippen LogP contribution in [0.5, 0.6) is 0 Å². The number of hydrogen-bond donors (Lipinski definition) is 2. The Bertz CT molecular complexity index is 908. The van der Waals surface area contributed by atoms with Crippen LogP contribution >= 0.6 is 23.2 Å². The number of hydrogen-bond acceptors (Lipinski definition) is 3. The zero-order valence-electron chi connectivity index (χ0n) is 15.5. The first kappa shape index (κ1) is 19.3. The number of ether oxygens (including phenoxy) is 1. The van der Waals surface area contributed by atoms with Crippen LogP contribution in [0.25, 0.3) is 0 Å². The summed E-state index contributed by atoms with van der Waals surface area (Å²) in [4.78, 5) is 12.4. The molecule has 0 spiro atoms. The fourth-order valence-electron chi connectivity index (χ4n) is 4.20. The summed E-state index contributed by atoms with van der Waals surface area (Å²) < 4.78 is 4.99. The maximum atomic E-state index is 12.4. The van der Waals surface area contributed by atoms with Crippen LogP contribution in [0.2, 0.25) is 10.0 Å². The van der Waals surface area contributed by atoms with E-state index >= 15 is 0 Å². The topological polar surface area (TPSA) is 50.4 Å². The fourth-order valence-corrected chi connectivity index (χ4v) is 4.83. The van der Waals surface area contributed by atoms with E-state index in [1.807, 2.05) is 36.4 Å². The van der Waals surface area contributed by atoms with Crippen molar-refractivity contribution >= 4 is 34.8 Å². The van der Waals surface area contributed by atoms with E-state index in [-0.39, 0.29) is 17.9 Å². The Balaban J connectivity index is 1.66. The first-order valence-electron chi connectivity index (χ1n) is 9.38. The van der Waals surface area contributed by atoms with Gasteiger partial charge in [0, 0.05) is 46.4 Å². The van der Waals surface area contributed by atoms with Crippen LogP contribution < -0.4 is 10.6 Å². The molecule has 1 heterocycles. The maximum absolute atomic E-state index is 12.4. The molecule has 6 heteroatoms. The molecule has 4 rings (SSSR count). The van der Waals surface area contributed by atoms with Crippen LogP contribution in [0.1, 0.15) is 39.9 Å². The third-order valence-corrected chi connectivity index (χ3v) is 6.19. The second-order valence-electron chi connectivity index (χ2n) is 7.16. The molecule has 3 unspecified atom stereocenters. The van der Waals surface area contributed by atoms with E-state index in [0.29, 0.717) is 34.7 Å². The number of carbonyl (C=O) groups is 1. The average molecular weight is 417 g/mol. The minimum Gasteiger partial charge on any atom is -0.383 e. The summed E-state index contributed by atoms with van der Waals surface area (Å²) in [5.41, 5.74) is 3.75. The quantitative estimate of drug-likeness (QED) is 0.520. The lowest BCUT2D eigenvalue weighted by Crippen LogP contribution is -2.31. The van der Waals surface area contributed by atoms with Gasteiger partial charge in [-0.2, -0.15) is 0 Å². The normalized spacial score (nSPS) is 22.3. The van der Waals surface area contributed by atoms with Gasteiger partial charge in [-0.15, -0.1) is 0 Å². The molecule has 2 aromatic carbocycles. The first-order chi connectivity index (χ1) is 13.6. The Morgan fingerprint density at radius 1 is 1.25 bits per heavy atom. The van der Waals surface area contributed by atoms with Gasteiger partial charge in [0.05, 0.1) is 12.6 Å². The Labute approximate surface area is 174 Å². The largest absolute Gasteiger partial charge is 0.383 e.